The Morgan fingerprint density at radius 1 is 0.875 bits per heavy atom. The van der Waals surface area contributed by atoms with Gasteiger partial charge in [-0.15, -0.1) is 0 Å². The number of nitrogens with one attached hydrogen (secondary N) is 1. The molecule has 2 aromatic carbocycles. The fourth-order valence-corrected chi connectivity index (χ4v) is 1.35. The zero-order valence-corrected chi connectivity index (χ0v) is 8.64. The molecule has 0 saturated carbocycles. The third-order valence-electron chi connectivity index (χ3n) is 2.23. The number of nitrogens with two attached hydrogens (primary N) is 2. The fraction of sp³-hybridized carbons (Fsp3) is 0. The summed E-state index contributed by atoms with van der Waals surface area (Å²) in [7, 11) is 0. The van der Waals surface area contributed by atoms with Crippen LogP contribution in [0.2, 0.25) is 0 Å². The Hall–Kier alpha value is -2.36. The molecular weight excluding hydrogens is 202 g/mol. The Morgan fingerprint density at radius 3 is 2.12 bits per heavy atom. The Bertz CT molecular complexity index is 494. The molecule has 0 fully saturated rings. The quantitative estimate of drug-likeness (QED) is 0.457. The van der Waals surface area contributed by atoms with E-state index in [9.17, 15) is 5.11 Å². The van der Waals surface area contributed by atoms with E-state index in [4.69, 9.17) is 11.5 Å². The molecule has 16 heavy (non-hydrogen) atoms. The summed E-state index contributed by atoms with van der Waals surface area (Å²) in [5.74, 6) is 0.0699. The van der Waals surface area contributed by atoms with E-state index in [0.717, 1.165) is 11.4 Å². The van der Waals surface area contributed by atoms with Gasteiger partial charge < -0.3 is 21.9 Å². The molecule has 4 nitrogen and oxygen atoms in total. The van der Waals surface area contributed by atoms with Crippen molar-refractivity contribution in [3.8, 4) is 5.75 Å². The molecule has 0 atom stereocenters. The standard InChI is InChI=1S/C12H13N3O/c13-8-1-3-9(4-2-8)15-10-5-6-11(14)12(16)7-10/h1-7,15-16H,13-14H2. The van der Waals surface area contributed by atoms with Crippen molar-refractivity contribution in [2.75, 3.05) is 16.8 Å². The van der Waals surface area contributed by atoms with E-state index >= 15 is 0 Å². The Kier molecular flexibility index (Phi) is 2.55. The van der Waals surface area contributed by atoms with Gasteiger partial charge in [-0.05, 0) is 36.4 Å². The second-order valence-electron chi connectivity index (χ2n) is 3.52. The molecule has 0 aliphatic carbocycles. The first-order valence-corrected chi connectivity index (χ1v) is 4.86. The topological polar surface area (TPSA) is 84.3 Å². The van der Waals surface area contributed by atoms with E-state index in [0.29, 0.717) is 11.4 Å². The minimum Gasteiger partial charge on any atom is -0.506 e. The molecule has 0 unspecified atom stereocenters. The molecule has 0 amide bonds. The number of nitrogen functional groups attached to an aromatic ring is 2. The van der Waals surface area contributed by atoms with Crippen LogP contribution in [0.15, 0.2) is 42.5 Å². The highest BCUT2D eigenvalue weighted by Crippen LogP contribution is 2.26. The molecule has 0 saturated heterocycles. The van der Waals surface area contributed by atoms with Crippen LogP contribution in [-0.2, 0) is 0 Å². The SMILES string of the molecule is Nc1ccc(Nc2ccc(N)c(O)c2)cc1. The van der Waals surface area contributed by atoms with Crippen LogP contribution in [0.3, 0.4) is 0 Å². The largest absolute Gasteiger partial charge is 0.506 e. The van der Waals surface area contributed by atoms with Crippen LogP contribution in [0.1, 0.15) is 0 Å². The monoisotopic (exact) mass is 215 g/mol. The van der Waals surface area contributed by atoms with Crippen molar-refractivity contribution >= 4 is 22.7 Å². The summed E-state index contributed by atoms with van der Waals surface area (Å²) in [6.45, 7) is 0. The summed E-state index contributed by atoms with van der Waals surface area (Å²) >= 11 is 0. The van der Waals surface area contributed by atoms with Gasteiger partial charge in [-0.2, -0.15) is 0 Å². The van der Waals surface area contributed by atoms with E-state index in [-0.39, 0.29) is 5.75 Å². The van der Waals surface area contributed by atoms with E-state index in [2.05, 4.69) is 5.32 Å². The number of benzene rings is 2. The second-order valence-corrected chi connectivity index (χ2v) is 3.52. The van der Waals surface area contributed by atoms with Crippen molar-refractivity contribution < 1.29 is 5.11 Å². The van der Waals surface area contributed by atoms with E-state index in [1.165, 1.54) is 0 Å². The van der Waals surface area contributed by atoms with Gasteiger partial charge in [-0.1, -0.05) is 0 Å². The van der Waals surface area contributed by atoms with Crippen molar-refractivity contribution in [1.29, 1.82) is 0 Å². The Balaban J connectivity index is 2.20. The van der Waals surface area contributed by atoms with Crippen LogP contribution < -0.4 is 16.8 Å². The van der Waals surface area contributed by atoms with Gasteiger partial charge in [-0.3, -0.25) is 0 Å². The summed E-state index contributed by atoms with van der Waals surface area (Å²) in [6.07, 6.45) is 0. The maximum absolute atomic E-state index is 9.44. The van der Waals surface area contributed by atoms with Crippen molar-refractivity contribution in [2.45, 2.75) is 0 Å². The average Bonchev–Trinajstić information content (AvgIpc) is 2.27. The molecule has 82 valence electrons. The summed E-state index contributed by atoms with van der Waals surface area (Å²) in [5.41, 5.74) is 13.8. The highest BCUT2D eigenvalue weighted by molar-refractivity contribution is 5.67. The molecule has 0 bridgehead atoms. The number of hydrogen-bond acceptors (Lipinski definition) is 4. The highest BCUT2D eigenvalue weighted by atomic mass is 16.3. The lowest BCUT2D eigenvalue weighted by Gasteiger charge is -2.08. The van der Waals surface area contributed by atoms with Crippen LogP contribution in [-0.4, -0.2) is 5.11 Å². The highest BCUT2D eigenvalue weighted by Gasteiger charge is 1.99. The minimum atomic E-state index is 0.0699. The third-order valence-corrected chi connectivity index (χ3v) is 2.23. The van der Waals surface area contributed by atoms with Crippen molar-refractivity contribution in [3.63, 3.8) is 0 Å². The summed E-state index contributed by atoms with van der Waals surface area (Å²) in [5, 5.41) is 12.6. The van der Waals surface area contributed by atoms with Crippen LogP contribution in [0.5, 0.6) is 5.75 Å². The van der Waals surface area contributed by atoms with Gasteiger partial charge in [0.25, 0.3) is 0 Å². The maximum Gasteiger partial charge on any atom is 0.140 e. The molecule has 0 spiro atoms. The second kappa shape index (κ2) is 4.02. The molecule has 0 aromatic heterocycles. The number of hydrogen-bond donors (Lipinski definition) is 4. The lowest BCUT2D eigenvalue weighted by atomic mass is 10.2. The number of rotatable bonds is 2. The first kappa shape index (κ1) is 10.2. The van der Waals surface area contributed by atoms with Gasteiger partial charge in [0, 0.05) is 23.1 Å². The molecule has 6 N–H and O–H groups in total. The molecule has 0 heterocycles. The van der Waals surface area contributed by atoms with Crippen LogP contribution in [0, 0.1) is 0 Å². The molecule has 2 aromatic rings. The smallest absolute Gasteiger partial charge is 0.140 e. The molecule has 0 aliphatic heterocycles. The normalized spacial score (nSPS) is 10.0. The first-order chi connectivity index (χ1) is 7.65. The van der Waals surface area contributed by atoms with Gasteiger partial charge in [0.2, 0.25) is 0 Å². The Morgan fingerprint density at radius 2 is 1.50 bits per heavy atom. The molecule has 0 radical (unpaired) electrons. The number of anilines is 4. The van der Waals surface area contributed by atoms with E-state index in [1.54, 1.807) is 30.3 Å². The molecular formula is C12H13N3O. The van der Waals surface area contributed by atoms with Gasteiger partial charge in [0.15, 0.2) is 0 Å². The number of phenols is 1. The van der Waals surface area contributed by atoms with Gasteiger partial charge in [-0.25, -0.2) is 0 Å². The lowest BCUT2D eigenvalue weighted by Crippen LogP contribution is -1.92. The fourth-order valence-electron chi connectivity index (χ4n) is 1.35. The third kappa shape index (κ3) is 2.17. The van der Waals surface area contributed by atoms with Crippen molar-refractivity contribution in [1.82, 2.24) is 0 Å². The zero-order valence-electron chi connectivity index (χ0n) is 8.64. The first-order valence-electron chi connectivity index (χ1n) is 4.86. The number of aromatic hydroxyl groups is 1. The molecule has 0 aliphatic rings. The van der Waals surface area contributed by atoms with E-state index in [1.807, 2.05) is 12.1 Å². The lowest BCUT2D eigenvalue weighted by molar-refractivity contribution is 0.478. The maximum atomic E-state index is 9.44. The summed E-state index contributed by atoms with van der Waals surface area (Å²) in [6, 6.07) is 12.4. The predicted molar refractivity (Wildman–Crippen MR) is 66.7 cm³/mol. The van der Waals surface area contributed by atoms with Crippen LogP contribution in [0.25, 0.3) is 0 Å². The summed E-state index contributed by atoms with van der Waals surface area (Å²) in [4.78, 5) is 0. The summed E-state index contributed by atoms with van der Waals surface area (Å²) < 4.78 is 0. The van der Waals surface area contributed by atoms with Gasteiger partial charge in [0.05, 0.1) is 5.69 Å². The van der Waals surface area contributed by atoms with Crippen LogP contribution >= 0.6 is 0 Å². The zero-order chi connectivity index (χ0) is 11.5. The Labute approximate surface area is 93.5 Å². The molecule has 2 rings (SSSR count). The van der Waals surface area contributed by atoms with Crippen LogP contribution in [0.4, 0.5) is 22.7 Å². The molecule has 4 heteroatoms. The predicted octanol–water partition coefficient (Wildman–Crippen LogP) is 2.30. The minimum absolute atomic E-state index is 0.0699. The van der Waals surface area contributed by atoms with Gasteiger partial charge >= 0.3 is 0 Å². The van der Waals surface area contributed by atoms with E-state index < -0.39 is 0 Å². The van der Waals surface area contributed by atoms with Gasteiger partial charge in [0.1, 0.15) is 5.75 Å². The van der Waals surface area contributed by atoms with Crippen molar-refractivity contribution in [2.24, 2.45) is 0 Å². The van der Waals surface area contributed by atoms with Crippen molar-refractivity contribution in [3.05, 3.63) is 42.5 Å². The number of phenolic OH excluding ortho intramolecular Hbond substituents is 1. The average molecular weight is 215 g/mol.